The average Bonchev–Trinajstić information content (AvgIpc) is 1.65. The number of rotatable bonds is 2. The molecule has 2 aromatic heterocycles. The number of hydrogen-bond acceptors (Lipinski definition) is 10. The molecule has 3 saturated carbocycles. The third kappa shape index (κ3) is 11.3. The third-order valence-electron chi connectivity index (χ3n) is 21.2. The van der Waals surface area contributed by atoms with Gasteiger partial charge in [0.25, 0.3) is 0 Å². The van der Waals surface area contributed by atoms with Crippen LogP contribution >= 0.6 is 0 Å². The Hall–Kier alpha value is -4.80. The van der Waals surface area contributed by atoms with Crippen LogP contribution in [-0.4, -0.2) is 98.5 Å². The van der Waals surface area contributed by atoms with Crippen molar-refractivity contribution in [2.45, 2.75) is 197 Å². The van der Waals surface area contributed by atoms with E-state index >= 15 is 0 Å². The molecule has 460 valence electrons. The van der Waals surface area contributed by atoms with Gasteiger partial charge in [0, 0.05) is 60.7 Å². The van der Waals surface area contributed by atoms with Crippen LogP contribution in [0.5, 0.6) is 0 Å². The fourth-order valence-corrected chi connectivity index (χ4v) is 17.0. The number of aromatic nitrogens is 2. The maximum atomic E-state index is 11.1. The normalized spacial score (nSPS) is 33.2. The molecule has 3 unspecified atom stereocenters. The van der Waals surface area contributed by atoms with Crippen molar-refractivity contribution < 1.29 is 44.7 Å². The molecule has 0 radical (unpaired) electrons. The van der Waals surface area contributed by atoms with Crippen molar-refractivity contribution in [2.24, 2.45) is 22.7 Å². The van der Waals surface area contributed by atoms with Gasteiger partial charge in [-0.2, -0.15) is 21.6 Å². The van der Waals surface area contributed by atoms with Crippen molar-refractivity contribution in [3.05, 3.63) is 155 Å². The fraction of sp³-hybridized carbons (Fsp3) is 0.577. The molecule has 7 heterocycles. The van der Waals surface area contributed by atoms with Crippen LogP contribution in [0, 0.1) is 22.7 Å². The summed E-state index contributed by atoms with van der Waals surface area (Å²) in [6.07, 6.45) is 37.1. The Labute approximate surface area is 504 Å². The average molecular weight is 1190 g/mol. The fourth-order valence-electron chi connectivity index (χ4n) is 16.8. The predicted octanol–water partition coefficient (Wildman–Crippen LogP) is 16.7. The molecule has 4 bridgehead atoms. The Kier molecular flexibility index (Phi) is 17.3. The molecule has 5 aliphatic heterocycles. The Bertz CT molecular complexity index is 3460. The Morgan fingerprint density at radius 3 is 1.89 bits per heavy atom. The summed E-state index contributed by atoms with van der Waals surface area (Å²) in [7, 11) is 1.11. The maximum Gasteiger partial charge on any atom is 0.523 e. The van der Waals surface area contributed by atoms with Gasteiger partial charge in [-0.25, -0.2) is 0 Å². The summed E-state index contributed by atoms with van der Waals surface area (Å²) in [6, 6.07) is 17.8. The van der Waals surface area contributed by atoms with E-state index in [-0.39, 0.29) is 44.4 Å². The number of hydrogen-bond donors (Lipinski definition) is 0. The van der Waals surface area contributed by atoms with E-state index in [1.165, 1.54) is 80.6 Å². The number of fused-ring (bicyclic) bond motifs is 4. The van der Waals surface area contributed by atoms with Crippen LogP contribution in [-0.2, 0) is 38.7 Å². The van der Waals surface area contributed by atoms with Gasteiger partial charge in [-0.05, 0) is 202 Å². The van der Waals surface area contributed by atoms with Crippen LogP contribution in [0.4, 0.5) is 13.2 Å². The smallest absolute Gasteiger partial charge is 0.359 e. The van der Waals surface area contributed by atoms with Crippen LogP contribution < -0.4 is 0 Å². The van der Waals surface area contributed by atoms with Crippen molar-refractivity contribution in [2.75, 3.05) is 41.5 Å². The molecule has 6 fully saturated rings. The molecule has 2 aromatic carbocycles. The lowest BCUT2D eigenvalue weighted by Crippen LogP contribution is -2.56. The first kappa shape index (κ1) is 63.2. The second kappa shape index (κ2) is 23.3. The number of ether oxygens (including phenoxy) is 4. The number of alkyl halides is 3. The standard InChI is InChI=1S/C29H31NO.C22H28O3.C13H15N.C3H9N.C2H3F3O3S.C2H6/c1-19-3-6-23-16-24-9-11-27(2)25(21-5-4-20-10-14-30-18-22(20)15-21)7-8-26(27)29(24)13-12-28(23,17-19)31-29;1-15-3-4-18-19(15,2)7-5-17-13-16-6-8-21(23-11-12-24-21)14-20(16)9-10-22(17,18)25-20;1-13(2,3)12-5-4-10-6-7-14-9-11(10)8-12;1-4(2)3;1-8-9(6,7)2(3,4)5;1-2/h4-5,9-10,14-16,18,25-26H,1,3,6-8,11-13,17H2,2H3;3,5,13,18H,4,6-12,14H2,1-2H3;4-9H,1-3H3;1-3H3;1H3;1-2H3/t25?,26-,27-,28-,29?;18-,19-,20-,22?;;;;/m11..../s1. The molecule has 0 amide bonds. The van der Waals surface area contributed by atoms with Crippen LogP contribution in [0.1, 0.15) is 169 Å². The van der Waals surface area contributed by atoms with Crippen molar-refractivity contribution in [1.82, 2.24) is 14.9 Å². The molecule has 4 aromatic rings. The lowest BCUT2D eigenvalue weighted by Gasteiger charge is -2.54. The zero-order valence-corrected chi connectivity index (χ0v) is 53.3. The molecule has 6 aliphatic carbocycles. The van der Waals surface area contributed by atoms with E-state index in [4.69, 9.17) is 18.9 Å². The monoisotopic (exact) mass is 1190 g/mol. The molecule has 3 saturated heterocycles. The quantitative estimate of drug-likeness (QED) is 0.109. The van der Waals surface area contributed by atoms with Gasteiger partial charge in [-0.1, -0.05) is 121 Å². The van der Waals surface area contributed by atoms with Gasteiger partial charge in [-0.3, -0.25) is 14.2 Å². The van der Waals surface area contributed by atoms with Gasteiger partial charge < -0.3 is 23.8 Å². The zero-order chi connectivity index (χ0) is 61.2. The van der Waals surface area contributed by atoms with Gasteiger partial charge in [-0.15, -0.1) is 0 Å². The van der Waals surface area contributed by atoms with Crippen LogP contribution in [0.3, 0.4) is 0 Å². The molecule has 0 N–H and O–H groups in total. The largest absolute Gasteiger partial charge is 0.523 e. The number of benzene rings is 2. The number of halogens is 3. The highest BCUT2D eigenvalue weighted by atomic mass is 32.2. The van der Waals surface area contributed by atoms with Gasteiger partial charge in [0.2, 0.25) is 0 Å². The summed E-state index contributed by atoms with van der Waals surface area (Å²) in [5.41, 5.74) is 6.93. The van der Waals surface area contributed by atoms with Crippen LogP contribution in [0.25, 0.3) is 21.5 Å². The van der Waals surface area contributed by atoms with Gasteiger partial charge in [0.15, 0.2) is 5.79 Å². The van der Waals surface area contributed by atoms with E-state index in [2.05, 4.69) is 135 Å². The van der Waals surface area contributed by atoms with Crippen molar-refractivity contribution in [3.8, 4) is 0 Å². The minimum Gasteiger partial charge on any atom is -0.359 e. The summed E-state index contributed by atoms with van der Waals surface area (Å²) < 4.78 is 82.5. The van der Waals surface area contributed by atoms with Crippen molar-refractivity contribution in [3.63, 3.8) is 0 Å². The Balaban J connectivity index is 0.000000133. The van der Waals surface area contributed by atoms with Crippen molar-refractivity contribution >= 4 is 31.7 Å². The lowest BCUT2D eigenvalue weighted by molar-refractivity contribution is -0.226. The highest BCUT2D eigenvalue weighted by Gasteiger charge is 2.68. The first-order valence-corrected chi connectivity index (χ1v) is 32.6. The summed E-state index contributed by atoms with van der Waals surface area (Å²) in [5, 5.41) is 5.03. The van der Waals surface area contributed by atoms with E-state index < -0.39 is 15.6 Å². The summed E-state index contributed by atoms with van der Waals surface area (Å²) in [5.74, 6) is 1.38. The highest BCUT2D eigenvalue weighted by Crippen LogP contribution is 2.70. The number of nitrogens with zero attached hydrogens (tertiary/aromatic N) is 3. The van der Waals surface area contributed by atoms with Crippen molar-refractivity contribution in [1.29, 1.82) is 0 Å². The van der Waals surface area contributed by atoms with Crippen LogP contribution in [0.15, 0.2) is 144 Å². The van der Waals surface area contributed by atoms with Gasteiger partial charge >= 0.3 is 15.6 Å². The minimum absolute atomic E-state index is 0.0440. The topological polar surface area (TPSA) is 109 Å². The molecular formula is C71H92F3N3O7S. The van der Waals surface area contributed by atoms with E-state index in [0.29, 0.717) is 24.9 Å². The Morgan fingerprint density at radius 2 is 1.28 bits per heavy atom. The minimum atomic E-state index is -5.34. The van der Waals surface area contributed by atoms with E-state index in [9.17, 15) is 21.6 Å². The molecule has 11 aliphatic rings. The number of pyridine rings is 2. The molecule has 10 nitrogen and oxygen atoms in total. The molecule has 85 heavy (non-hydrogen) atoms. The zero-order valence-electron chi connectivity index (χ0n) is 52.5. The first-order valence-electron chi connectivity index (χ1n) is 31.2. The Morgan fingerprint density at radius 1 is 0.706 bits per heavy atom. The molecular weight excluding hydrogens is 1100 g/mol. The van der Waals surface area contributed by atoms with Gasteiger partial charge in [0.05, 0.1) is 42.7 Å². The van der Waals surface area contributed by atoms with E-state index in [1.54, 1.807) is 11.1 Å². The van der Waals surface area contributed by atoms with E-state index in [0.717, 1.165) is 83.8 Å². The number of allylic oxidation sites excluding steroid dienone is 4. The summed E-state index contributed by atoms with van der Waals surface area (Å²) in [6.45, 7) is 23.8. The molecule has 9 atom stereocenters. The van der Waals surface area contributed by atoms with E-state index in [1.807, 2.05) is 70.7 Å². The molecule has 5 spiro atoms. The molecule has 14 heteroatoms. The van der Waals surface area contributed by atoms with Gasteiger partial charge in [0.1, 0.15) is 0 Å². The SMILES string of the molecule is C=C1CCC2=CC3=CC[C@]4(C)C(c5ccc6ccncc6c5)CC[C@H]4C34CC[C@]2(C1)O4.CC.CC(C)(C)c1ccc2ccncc2c1.CC1=CC[C@H]2C34CC[C@]5(CC6(CCC5=CC3=CC[C@]12C)OCCO6)O4.CN(C)C.COS(=O)(=O)C(F)(F)F. The second-order valence-corrected chi connectivity index (χ2v) is 29.3. The summed E-state index contributed by atoms with van der Waals surface area (Å²) in [4.78, 5) is 10.5. The maximum absolute atomic E-state index is 11.1. The predicted molar refractivity (Wildman–Crippen MR) is 333 cm³/mol. The lowest BCUT2D eigenvalue weighted by atomic mass is 9.58. The first-order chi connectivity index (χ1) is 40.1. The van der Waals surface area contributed by atoms with Crippen LogP contribution in [0.2, 0.25) is 0 Å². The third-order valence-corrected chi connectivity index (χ3v) is 22.2. The summed E-state index contributed by atoms with van der Waals surface area (Å²) >= 11 is 0. The highest BCUT2D eigenvalue weighted by molar-refractivity contribution is 7.87. The second-order valence-electron chi connectivity index (χ2n) is 27.6. The molecule has 15 rings (SSSR count).